The van der Waals surface area contributed by atoms with E-state index in [9.17, 15) is 4.79 Å². The summed E-state index contributed by atoms with van der Waals surface area (Å²) < 4.78 is 1.86. The van der Waals surface area contributed by atoms with Crippen molar-refractivity contribution in [3.63, 3.8) is 0 Å². The number of anilines is 1. The second-order valence-corrected chi connectivity index (χ2v) is 9.05. The van der Waals surface area contributed by atoms with Crippen LogP contribution in [0.4, 0.5) is 5.69 Å². The molecule has 0 unspecified atom stereocenters. The van der Waals surface area contributed by atoms with Gasteiger partial charge >= 0.3 is 0 Å². The molecule has 4 aromatic rings. The van der Waals surface area contributed by atoms with Crippen LogP contribution in [0.5, 0.6) is 0 Å². The Morgan fingerprint density at radius 2 is 1.72 bits per heavy atom. The van der Waals surface area contributed by atoms with E-state index in [0.717, 1.165) is 16.7 Å². The van der Waals surface area contributed by atoms with Gasteiger partial charge in [0.2, 0.25) is 11.1 Å². The van der Waals surface area contributed by atoms with Gasteiger partial charge in [-0.15, -0.1) is 10.2 Å². The number of benzene rings is 3. The lowest BCUT2D eigenvalue weighted by atomic mass is 10.0. The van der Waals surface area contributed by atoms with Crippen molar-refractivity contribution in [3.8, 4) is 11.4 Å². The highest BCUT2D eigenvalue weighted by Crippen LogP contribution is 2.39. The Hall–Kier alpha value is -3.29. The number of aryl methyl sites for hydroxylation is 1. The molecule has 1 amide bonds. The molecule has 1 aliphatic heterocycles. The van der Waals surface area contributed by atoms with E-state index in [0.29, 0.717) is 21.7 Å². The number of hydrogen-bond acceptors (Lipinski definition) is 5. The number of nitrogens with one attached hydrogen (secondary N) is 2. The van der Waals surface area contributed by atoms with Crippen molar-refractivity contribution in [3.05, 3.63) is 95.0 Å². The molecule has 1 aromatic heterocycles. The maximum atomic E-state index is 13.4. The number of fused-ring (bicyclic) bond motifs is 1. The van der Waals surface area contributed by atoms with Gasteiger partial charge in [-0.3, -0.25) is 4.79 Å². The SMILES string of the molecule is Cc1ccc([C@H]2Nn3c(nnc3-c3ccccc3)S[C@@H]2C(=O)Nc2ccccc2Cl)cc1. The van der Waals surface area contributed by atoms with E-state index in [4.69, 9.17) is 11.6 Å². The van der Waals surface area contributed by atoms with Crippen LogP contribution in [-0.4, -0.2) is 26.0 Å². The summed E-state index contributed by atoms with van der Waals surface area (Å²) >= 11 is 7.65. The number of rotatable bonds is 4. The zero-order valence-electron chi connectivity index (χ0n) is 17.2. The Labute approximate surface area is 195 Å². The van der Waals surface area contributed by atoms with Gasteiger partial charge < -0.3 is 10.7 Å². The van der Waals surface area contributed by atoms with E-state index >= 15 is 0 Å². The lowest BCUT2D eigenvalue weighted by Gasteiger charge is -2.33. The summed E-state index contributed by atoms with van der Waals surface area (Å²) in [6.07, 6.45) is 0. The van der Waals surface area contributed by atoms with Crippen LogP contribution in [0.1, 0.15) is 17.2 Å². The van der Waals surface area contributed by atoms with Gasteiger partial charge in [0.05, 0.1) is 16.8 Å². The molecule has 5 rings (SSSR count). The van der Waals surface area contributed by atoms with Crippen LogP contribution in [0, 0.1) is 6.92 Å². The fourth-order valence-electron chi connectivity index (χ4n) is 3.62. The number of hydrogen-bond donors (Lipinski definition) is 2. The number of nitrogens with zero attached hydrogens (tertiary/aromatic N) is 3. The summed E-state index contributed by atoms with van der Waals surface area (Å²) in [5, 5.41) is 12.3. The predicted molar refractivity (Wildman–Crippen MR) is 128 cm³/mol. The fourth-order valence-corrected chi connectivity index (χ4v) is 4.88. The van der Waals surface area contributed by atoms with Crippen LogP contribution < -0.4 is 10.7 Å². The first-order valence-corrected chi connectivity index (χ1v) is 11.4. The summed E-state index contributed by atoms with van der Waals surface area (Å²) in [6, 6.07) is 25.0. The Kier molecular flexibility index (Phi) is 5.59. The summed E-state index contributed by atoms with van der Waals surface area (Å²) in [4.78, 5) is 13.4. The quantitative estimate of drug-likeness (QED) is 0.431. The molecule has 0 bridgehead atoms. The third-order valence-corrected chi connectivity index (χ3v) is 6.84. The first-order chi connectivity index (χ1) is 15.6. The molecule has 1 aliphatic rings. The lowest BCUT2D eigenvalue weighted by Crippen LogP contribution is -2.41. The fraction of sp³-hybridized carbons (Fsp3) is 0.125. The lowest BCUT2D eigenvalue weighted by molar-refractivity contribution is -0.116. The van der Waals surface area contributed by atoms with Gasteiger partial charge in [0.1, 0.15) is 5.25 Å². The largest absolute Gasteiger partial charge is 0.324 e. The van der Waals surface area contributed by atoms with E-state index in [-0.39, 0.29) is 11.9 Å². The molecule has 0 saturated heterocycles. The first kappa shape index (κ1) is 20.6. The van der Waals surface area contributed by atoms with Crippen molar-refractivity contribution in [1.82, 2.24) is 14.9 Å². The van der Waals surface area contributed by atoms with Gasteiger partial charge in [-0.1, -0.05) is 95.7 Å². The van der Waals surface area contributed by atoms with Crippen molar-refractivity contribution in [1.29, 1.82) is 0 Å². The number of thioether (sulfide) groups is 1. The Morgan fingerprint density at radius 1 is 1.00 bits per heavy atom. The van der Waals surface area contributed by atoms with Crippen molar-refractivity contribution < 1.29 is 4.79 Å². The molecule has 2 heterocycles. The van der Waals surface area contributed by atoms with E-state index in [1.165, 1.54) is 11.8 Å². The Morgan fingerprint density at radius 3 is 2.47 bits per heavy atom. The number of para-hydroxylation sites is 1. The number of halogens is 1. The monoisotopic (exact) mass is 461 g/mol. The molecule has 8 heteroatoms. The van der Waals surface area contributed by atoms with Gasteiger partial charge in [-0.05, 0) is 24.6 Å². The minimum absolute atomic E-state index is 0.156. The summed E-state index contributed by atoms with van der Waals surface area (Å²) in [5.41, 5.74) is 7.17. The second-order valence-electron chi connectivity index (χ2n) is 7.53. The summed E-state index contributed by atoms with van der Waals surface area (Å²) in [5.74, 6) is 0.548. The zero-order chi connectivity index (χ0) is 22.1. The third-order valence-electron chi connectivity index (χ3n) is 5.30. The first-order valence-electron chi connectivity index (χ1n) is 10.2. The highest BCUT2D eigenvalue weighted by atomic mass is 35.5. The maximum Gasteiger partial charge on any atom is 0.240 e. The minimum Gasteiger partial charge on any atom is -0.324 e. The standard InChI is InChI=1S/C24H20ClN5OS/c1-15-11-13-16(14-12-15)20-21(23(31)26-19-10-6-5-9-18(19)25)32-24-28-27-22(30(24)29-20)17-7-3-2-4-8-17/h2-14,20-21,29H,1H3,(H,26,31)/t20-,21+/m1/s1. The van der Waals surface area contributed by atoms with Crippen LogP contribution in [0.2, 0.25) is 5.02 Å². The highest BCUT2D eigenvalue weighted by Gasteiger charge is 2.38. The van der Waals surface area contributed by atoms with Crippen molar-refractivity contribution >= 4 is 35.0 Å². The zero-order valence-corrected chi connectivity index (χ0v) is 18.8. The maximum absolute atomic E-state index is 13.4. The Bertz CT molecular complexity index is 1260. The highest BCUT2D eigenvalue weighted by molar-refractivity contribution is 8.00. The van der Waals surface area contributed by atoms with Crippen LogP contribution in [0.15, 0.2) is 84.0 Å². The van der Waals surface area contributed by atoms with Gasteiger partial charge in [0.15, 0.2) is 5.82 Å². The minimum atomic E-state index is -0.477. The van der Waals surface area contributed by atoms with E-state index in [1.54, 1.807) is 12.1 Å². The van der Waals surface area contributed by atoms with Crippen LogP contribution in [-0.2, 0) is 4.79 Å². The van der Waals surface area contributed by atoms with Gasteiger partial charge in [0.25, 0.3) is 0 Å². The molecule has 6 nitrogen and oxygen atoms in total. The summed E-state index contributed by atoms with van der Waals surface area (Å²) in [7, 11) is 0. The normalized spacial score (nSPS) is 17.3. The molecule has 0 spiro atoms. The molecule has 3 aromatic carbocycles. The molecule has 2 atom stereocenters. The molecule has 0 aliphatic carbocycles. The van der Waals surface area contributed by atoms with Crippen molar-refractivity contribution in [2.45, 2.75) is 23.4 Å². The molecule has 32 heavy (non-hydrogen) atoms. The molecule has 160 valence electrons. The van der Waals surface area contributed by atoms with Crippen LogP contribution in [0.25, 0.3) is 11.4 Å². The Balaban J connectivity index is 1.52. The van der Waals surface area contributed by atoms with Gasteiger partial charge in [0, 0.05) is 5.56 Å². The number of amides is 1. The smallest absolute Gasteiger partial charge is 0.240 e. The topological polar surface area (TPSA) is 71.8 Å². The van der Waals surface area contributed by atoms with Crippen LogP contribution in [0.3, 0.4) is 0 Å². The van der Waals surface area contributed by atoms with Gasteiger partial charge in [-0.25, -0.2) is 4.68 Å². The van der Waals surface area contributed by atoms with E-state index in [1.807, 2.05) is 78.3 Å². The van der Waals surface area contributed by atoms with Crippen molar-refractivity contribution in [2.24, 2.45) is 0 Å². The van der Waals surface area contributed by atoms with Crippen molar-refractivity contribution in [2.75, 3.05) is 10.7 Å². The molecule has 2 N–H and O–H groups in total. The van der Waals surface area contributed by atoms with E-state index in [2.05, 4.69) is 20.9 Å². The average Bonchev–Trinajstić information content (AvgIpc) is 3.24. The number of carbonyl (C=O) groups is 1. The molecule has 0 radical (unpaired) electrons. The molecular weight excluding hydrogens is 442 g/mol. The second kappa shape index (κ2) is 8.68. The summed E-state index contributed by atoms with van der Waals surface area (Å²) in [6.45, 7) is 2.04. The van der Waals surface area contributed by atoms with Crippen LogP contribution >= 0.6 is 23.4 Å². The average molecular weight is 462 g/mol. The third kappa shape index (κ3) is 3.97. The molecule has 0 saturated carbocycles. The number of carbonyl (C=O) groups excluding carboxylic acids is 1. The predicted octanol–water partition coefficient (Wildman–Crippen LogP) is 5.30. The molecule has 0 fully saturated rings. The number of aromatic nitrogens is 3. The molecular formula is C24H20ClN5OS. The van der Waals surface area contributed by atoms with Gasteiger partial charge in [-0.2, -0.15) is 0 Å². The van der Waals surface area contributed by atoms with E-state index < -0.39 is 5.25 Å².